The van der Waals surface area contributed by atoms with Crippen LogP contribution in [0, 0.1) is 5.82 Å². The van der Waals surface area contributed by atoms with Crippen molar-refractivity contribution in [2.45, 2.75) is 36.7 Å². The van der Waals surface area contributed by atoms with E-state index in [4.69, 9.17) is 16.3 Å². The number of ether oxygens (including phenoxy) is 1. The SMILES string of the molecule is O=c1c(OC2CCCC2)c(N2CCN(S(=O)(=O)c3cccc(F)c3)CC2)cnn1-c1cccc(Cl)c1. The van der Waals surface area contributed by atoms with Crippen molar-refractivity contribution in [3.8, 4) is 11.4 Å². The van der Waals surface area contributed by atoms with E-state index in [1.54, 1.807) is 30.5 Å². The molecule has 36 heavy (non-hydrogen) atoms. The number of halogens is 2. The number of nitrogens with zero attached hydrogens (tertiary/aromatic N) is 4. The molecular weight excluding hydrogens is 507 g/mol. The highest BCUT2D eigenvalue weighted by molar-refractivity contribution is 7.89. The highest BCUT2D eigenvalue weighted by atomic mass is 35.5. The van der Waals surface area contributed by atoms with Crippen molar-refractivity contribution >= 4 is 27.3 Å². The highest BCUT2D eigenvalue weighted by Gasteiger charge is 2.31. The number of piperazine rings is 1. The predicted octanol–water partition coefficient (Wildman–Crippen LogP) is 3.86. The van der Waals surface area contributed by atoms with Crippen molar-refractivity contribution in [1.29, 1.82) is 0 Å². The van der Waals surface area contributed by atoms with Gasteiger partial charge in [0.15, 0.2) is 0 Å². The Morgan fingerprint density at radius 3 is 2.42 bits per heavy atom. The Bertz CT molecular complexity index is 1420. The Labute approximate surface area is 213 Å². The van der Waals surface area contributed by atoms with E-state index >= 15 is 0 Å². The zero-order valence-electron chi connectivity index (χ0n) is 19.5. The first-order chi connectivity index (χ1) is 17.3. The van der Waals surface area contributed by atoms with E-state index in [2.05, 4.69) is 5.10 Å². The Hall–Kier alpha value is -2.95. The molecule has 0 amide bonds. The van der Waals surface area contributed by atoms with E-state index in [1.807, 2.05) is 4.90 Å². The minimum atomic E-state index is -3.83. The van der Waals surface area contributed by atoms with Gasteiger partial charge in [-0.1, -0.05) is 23.7 Å². The van der Waals surface area contributed by atoms with E-state index in [0.717, 1.165) is 31.7 Å². The van der Waals surface area contributed by atoms with Crippen LogP contribution in [-0.4, -0.2) is 54.8 Å². The summed E-state index contributed by atoms with van der Waals surface area (Å²) in [4.78, 5) is 15.4. The number of rotatable bonds is 6. The molecule has 1 aliphatic heterocycles. The third kappa shape index (κ3) is 4.98. The van der Waals surface area contributed by atoms with E-state index in [1.165, 1.54) is 27.2 Å². The number of aromatic nitrogens is 2. The number of hydrogen-bond donors (Lipinski definition) is 0. The summed E-state index contributed by atoms with van der Waals surface area (Å²) >= 11 is 6.12. The molecule has 1 aliphatic carbocycles. The molecule has 2 fully saturated rings. The molecule has 2 heterocycles. The molecule has 0 spiro atoms. The van der Waals surface area contributed by atoms with Gasteiger partial charge in [-0.25, -0.2) is 12.8 Å². The lowest BCUT2D eigenvalue weighted by molar-refractivity contribution is 0.205. The van der Waals surface area contributed by atoms with Crippen LogP contribution in [0.15, 0.2) is 64.4 Å². The molecule has 8 nitrogen and oxygen atoms in total. The van der Waals surface area contributed by atoms with Crippen molar-refractivity contribution in [3.05, 3.63) is 75.9 Å². The number of benzene rings is 2. The molecule has 0 atom stereocenters. The first-order valence-corrected chi connectivity index (χ1v) is 13.7. The molecule has 1 aromatic heterocycles. The summed E-state index contributed by atoms with van der Waals surface area (Å²) in [5.74, 6) is -0.395. The molecular formula is C25H26ClFN4O4S. The van der Waals surface area contributed by atoms with E-state index in [0.29, 0.717) is 29.5 Å². The Kier molecular flexibility index (Phi) is 7.00. The molecule has 2 aliphatic rings. The fourth-order valence-corrected chi connectivity index (χ4v) is 6.31. The number of sulfonamides is 1. The molecule has 0 unspecified atom stereocenters. The second-order valence-corrected chi connectivity index (χ2v) is 11.3. The molecule has 3 aromatic rings. The first kappa shape index (κ1) is 24.7. The number of anilines is 1. The molecule has 0 radical (unpaired) electrons. The maximum atomic E-state index is 13.6. The van der Waals surface area contributed by atoms with Gasteiger partial charge in [0.25, 0.3) is 0 Å². The minimum absolute atomic E-state index is 0.0543. The van der Waals surface area contributed by atoms with Crippen LogP contribution in [0.2, 0.25) is 5.02 Å². The zero-order chi connectivity index (χ0) is 25.3. The third-order valence-electron chi connectivity index (χ3n) is 6.57. The minimum Gasteiger partial charge on any atom is -0.483 e. The molecule has 2 aromatic carbocycles. The lowest BCUT2D eigenvalue weighted by Crippen LogP contribution is -2.49. The maximum absolute atomic E-state index is 13.6. The van der Waals surface area contributed by atoms with Crippen molar-refractivity contribution in [3.63, 3.8) is 0 Å². The lowest BCUT2D eigenvalue weighted by Gasteiger charge is -2.36. The summed E-state index contributed by atoms with van der Waals surface area (Å²) in [5, 5.41) is 4.86. The van der Waals surface area contributed by atoms with Gasteiger partial charge in [-0.15, -0.1) is 0 Å². The van der Waals surface area contributed by atoms with Gasteiger partial charge in [-0.2, -0.15) is 14.1 Å². The van der Waals surface area contributed by atoms with Crippen LogP contribution in [0.3, 0.4) is 0 Å². The standard InChI is InChI=1S/C25H26ClFN4O4S/c26-18-5-3-7-20(15-18)31-25(32)24(35-21-8-1-2-9-21)23(17-28-31)29-11-13-30(14-12-29)36(33,34)22-10-4-6-19(27)16-22/h3-7,10,15-17,21H,1-2,8-9,11-14H2. The topological polar surface area (TPSA) is 84.7 Å². The number of hydrogen-bond acceptors (Lipinski definition) is 6. The zero-order valence-corrected chi connectivity index (χ0v) is 21.1. The van der Waals surface area contributed by atoms with E-state index < -0.39 is 21.4 Å². The monoisotopic (exact) mass is 532 g/mol. The summed E-state index contributed by atoms with van der Waals surface area (Å²) in [6.07, 6.45) is 5.37. The first-order valence-electron chi connectivity index (χ1n) is 11.9. The van der Waals surface area contributed by atoms with Crippen LogP contribution in [0.25, 0.3) is 5.69 Å². The van der Waals surface area contributed by atoms with Gasteiger partial charge < -0.3 is 9.64 Å². The van der Waals surface area contributed by atoms with Gasteiger partial charge in [0.2, 0.25) is 15.8 Å². The van der Waals surface area contributed by atoms with Crippen LogP contribution in [-0.2, 0) is 10.0 Å². The van der Waals surface area contributed by atoms with Crippen LogP contribution in [0.5, 0.6) is 5.75 Å². The van der Waals surface area contributed by atoms with E-state index in [-0.39, 0.29) is 29.8 Å². The van der Waals surface area contributed by atoms with Gasteiger partial charge in [-0.3, -0.25) is 4.79 Å². The second-order valence-electron chi connectivity index (χ2n) is 8.93. The average Bonchev–Trinajstić information content (AvgIpc) is 3.39. The van der Waals surface area contributed by atoms with Crippen LogP contribution in [0.1, 0.15) is 25.7 Å². The quantitative estimate of drug-likeness (QED) is 0.479. The average molecular weight is 533 g/mol. The third-order valence-corrected chi connectivity index (χ3v) is 8.70. The second kappa shape index (κ2) is 10.2. The fourth-order valence-electron chi connectivity index (χ4n) is 4.68. The van der Waals surface area contributed by atoms with Gasteiger partial charge >= 0.3 is 5.56 Å². The largest absolute Gasteiger partial charge is 0.483 e. The lowest BCUT2D eigenvalue weighted by atomic mass is 10.2. The van der Waals surface area contributed by atoms with Gasteiger partial charge in [0.05, 0.1) is 22.9 Å². The van der Waals surface area contributed by atoms with E-state index in [9.17, 15) is 17.6 Å². The summed E-state index contributed by atoms with van der Waals surface area (Å²) in [6, 6.07) is 11.9. The summed E-state index contributed by atoms with van der Waals surface area (Å²) in [5.41, 5.74) is 0.672. The normalized spacial score (nSPS) is 17.4. The smallest absolute Gasteiger partial charge is 0.316 e. The fraction of sp³-hybridized carbons (Fsp3) is 0.360. The maximum Gasteiger partial charge on any atom is 0.316 e. The van der Waals surface area contributed by atoms with Crippen LogP contribution >= 0.6 is 11.6 Å². The van der Waals surface area contributed by atoms with Gasteiger partial charge in [-0.05, 0) is 62.1 Å². The molecule has 5 rings (SSSR count). The molecule has 1 saturated carbocycles. The Morgan fingerprint density at radius 2 is 1.72 bits per heavy atom. The molecule has 11 heteroatoms. The Balaban J connectivity index is 1.43. The van der Waals surface area contributed by atoms with Crippen molar-refractivity contribution in [1.82, 2.24) is 14.1 Å². The summed E-state index contributed by atoms with van der Waals surface area (Å²) < 4.78 is 48.5. The molecule has 0 N–H and O–H groups in total. The van der Waals surface area contributed by atoms with Crippen LogP contribution < -0.4 is 15.2 Å². The van der Waals surface area contributed by atoms with Crippen molar-refractivity contribution in [2.24, 2.45) is 0 Å². The molecule has 1 saturated heterocycles. The van der Waals surface area contributed by atoms with Crippen LogP contribution in [0.4, 0.5) is 10.1 Å². The van der Waals surface area contributed by atoms with Crippen molar-refractivity contribution in [2.75, 3.05) is 31.1 Å². The molecule has 190 valence electrons. The van der Waals surface area contributed by atoms with Gasteiger partial charge in [0, 0.05) is 31.2 Å². The van der Waals surface area contributed by atoms with Crippen molar-refractivity contribution < 1.29 is 17.5 Å². The summed E-state index contributed by atoms with van der Waals surface area (Å²) in [6.45, 7) is 1.02. The highest BCUT2D eigenvalue weighted by Crippen LogP contribution is 2.31. The Morgan fingerprint density at radius 1 is 1.00 bits per heavy atom. The summed E-state index contributed by atoms with van der Waals surface area (Å²) in [7, 11) is -3.83. The molecule has 0 bridgehead atoms. The van der Waals surface area contributed by atoms with Gasteiger partial charge in [0.1, 0.15) is 11.5 Å². The predicted molar refractivity (Wildman–Crippen MR) is 135 cm³/mol.